The van der Waals surface area contributed by atoms with Gasteiger partial charge in [-0.3, -0.25) is 10.1 Å². The van der Waals surface area contributed by atoms with Gasteiger partial charge in [0.25, 0.3) is 0 Å². The first-order chi connectivity index (χ1) is 16.7. The lowest BCUT2D eigenvalue weighted by Gasteiger charge is -2.20. The number of rotatable bonds is 8. The van der Waals surface area contributed by atoms with Gasteiger partial charge in [-0.05, 0) is 43.9 Å². The Balaban J connectivity index is 1.61. The minimum Gasteiger partial charge on any atom is -0.299 e. The molecule has 0 radical (unpaired) electrons. The number of benzene rings is 3. The van der Waals surface area contributed by atoms with Crippen molar-refractivity contribution in [1.29, 1.82) is 0 Å². The molecule has 0 aliphatic heterocycles. The SMILES string of the molecule is Cc1cc(C)c(S(=O)(=O)N[C@@H](Cc2ccccc2)C(=O)Nc2nnc(-c3ccccc3)s2)c(C)c1. The Hall–Kier alpha value is -3.40. The van der Waals surface area contributed by atoms with Crippen LogP contribution in [-0.4, -0.2) is 30.6 Å². The van der Waals surface area contributed by atoms with Gasteiger partial charge < -0.3 is 0 Å². The van der Waals surface area contributed by atoms with Crippen LogP contribution >= 0.6 is 11.3 Å². The fraction of sp³-hybridized carbons (Fsp3) is 0.192. The van der Waals surface area contributed by atoms with Crippen molar-refractivity contribution in [3.63, 3.8) is 0 Å². The molecule has 9 heteroatoms. The van der Waals surface area contributed by atoms with Crippen molar-refractivity contribution < 1.29 is 13.2 Å². The fourth-order valence-corrected chi connectivity index (χ4v) is 6.44. The molecule has 35 heavy (non-hydrogen) atoms. The Morgan fingerprint density at radius 3 is 2.14 bits per heavy atom. The van der Waals surface area contributed by atoms with Crippen LogP contribution in [0, 0.1) is 20.8 Å². The van der Waals surface area contributed by atoms with Crippen LogP contribution in [0.5, 0.6) is 0 Å². The molecule has 0 saturated heterocycles. The van der Waals surface area contributed by atoms with Crippen LogP contribution in [0.25, 0.3) is 10.6 Å². The van der Waals surface area contributed by atoms with Crippen molar-refractivity contribution >= 4 is 32.4 Å². The summed E-state index contributed by atoms with van der Waals surface area (Å²) in [5.41, 5.74) is 3.95. The fourth-order valence-electron chi connectivity index (χ4n) is 4.04. The second-order valence-electron chi connectivity index (χ2n) is 8.36. The summed E-state index contributed by atoms with van der Waals surface area (Å²) in [7, 11) is -3.98. The van der Waals surface area contributed by atoms with Gasteiger partial charge in [0.2, 0.25) is 21.1 Å². The average Bonchev–Trinajstić information content (AvgIpc) is 3.27. The van der Waals surface area contributed by atoms with Crippen molar-refractivity contribution in [1.82, 2.24) is 14.9 Å². The largest absolute Gasteiger partial charge is 0.299 e. The van der Waals surface area contributed by atoms with Crippen LogP contribution in [0.1, 0.15) is 22.3 Å². The highest BCUT2D eigenvalue weighted by Crippen LogP contribution is 2.26. The van der Waals surface area contributed by atoms with Crippen molar-refractivity contribution in [2.75, 3.05) is 5.32 Å². The standard InChI is InChI=1S/C26H26N4O3S2/c1-17-14-18(2)23(19(3)15-17)35(32,33)30-22(16-20-10-6-4-7-11-20)24(31)27-26-29-28-25(34-26)21-12-8-5-9-13-21/h4-15,22,30H,16H2,1-3H3,(H,27,29,31)/t22-/m0/s1. The highest BCUT2D eigenvalue weighted by atomic mass is 32.2. The van der Waals surface area contributed by atoms with Gasteiger partial charge in [-0.15, -0.1) is 10.2 Å². The molecule has 7 nitrogen and oxygen atoms in total. The van der Waals surface area contributed by atoms with Crippen LogP contribution in [0.4, 0.5) is 5.13 Å². The van der Waals surface area contributed by atoms with E-state index >= 15 is 0 Å². The molecule has 0 saturated carbocycles. The first-order valence-electron chi connectivity index (χ1n) is 11.1. The highest BCUT2D eigenvalue weighted by molar-refractivity contribution is 7.89. The Labute approximate surface area is 209 Å². The first kappa shape index (κ1) is 24.7. The number of carbonyl (C=O) groups excluding carboxylic acids is 1. The summed E-state index contributed by atoms with van der Waals surface area (Å²) in [6.45, 7) is 5.43. The van der Waals surface area contributed by atoms with Crippen molar-refractivity contribution in [3.05, 3.63) is 95.1 Å². The predicted octanol–water partition coefficient (Wildman–Crippen LogP) is 4.66. The number of sulfonamides is 1. The Bertz CT molecular complexity index is 1410. The zero-order valence-corrected chi connectivity index (χ0v) is 21.3. The van der Waals surface area contributed by atoms with Gasteiger partial charge in [-0.25, -0.2) is 8.42 Å². The first-order valence-corrected chi connectivity index (χ1v) is 13.4. The van der Waals surface area contributed by atoms with Gasteiger partial charge in [-0.2, -0.15) is 4.72 Å². The summed E-state index contributed by atoms with van der Waals surface area (Å²) >= 11 is 1.23. The lowest BCUT2D eigenvalue weighted by Crippen LogP contribution is -2.45. The predicted molar refractivity (Wildman–Crippen MR) is 139 cm³/mol. The Morgan fingerprint density at radius 2 is 1.51 bits per heavy atom. The molecule has 0 spiro atoms. The molecule has 2 N–H and O–H groups in total. The number of hydrogen-bond donors (Lipinski definition) is 2. The van der Waals surface area contributed by atoms with Gasteiger partial charge in [0, 0.05) is 5.56 Å². The quantitative estimate of drug-likeness (QED) is 0.362. The van der Waals surface area contributed by atoms with E-state index in [1.54, 1.807) is 13.8 Å². The summed E-state index contributed by atoms with van der Waals surface area (Å²) in [5.74, 6) is -0.504. The molecule has 0 fully saturated rings. The summed E-state index contributed by atoms with van der Waals surface area (Å²) in [6.07, 6.45) is 0.181. The summed E-state index contributed by atoms with van der Waals surface area (Å²) in [5, 5.41) is 11.9. The van der Waals surface area contributed by atoms with Crippen molar-refractivity contribution in [2.45, 2.75) is 38.1 Å². The molecule has 0 bridgehead atoms. The second kappa shape index (κ2) is 10.5. The zero-order chi connectivity index (χ0) is 25.0. The molecular weight excluding hydrogens is 480 g/mol. The molecule has 1 atom stereocenters. The maximum Gasteiger partial charge on any atom is 0.244 e. The van der Waals surface area contributed by atoms with Crippen molar-refractivity contribution in [2.24, 2.45) is 0 Å². The van der Waals surface area contributed by atoms with Crippen LogP contribution in [0.3, 0.4) is 0 Å². The van der Waals surface area contributed by atoms with Gasteiger partial charge in [0.1, 0.15) is 11.0 Å². The lowest BCUT2D eigenvalue weighted by atomic mass is 10.1. The van der Waals surface area contributed by atoms with E-state index in [9.17, 15) is 13.2 Å². The number of carbonyl (C=O) groups is 1. The van der Waals surface area contributed by atoms with E-state index in [0.717, 1.165) is 16.7 Å². The van der Waals surface area contributed by atoms with Crippen molar-refractivity contribution in [3.8, 4) is 10.6 Å². The van der Waals surface area contributed by atoms with Crippen LogP contribution in [0.15, 0.2) is 77.7 Å². The van der Waals surface area contributed by atoms with Gasteiger partial charge in [0.15, 0.2) is 0 Å². The van der Waals surface area contributed by atoms with Gasteiger partial charge in [0.05, 0.1) is 4.90 Å². The third-order valence-corrected chi connectivity index (χ3v) is 8.11. The number of aryl methyl sites for hydroxylation is 3. The minimum absolute atomic E-state index is 0.181. The molecule has 1 heterocycles. The number of anilines is 1. The number of aromatic nitrogens is 2. The molecule has 4 aromatic rings. The number of amides is 1. The van der Waals surface area contributed by atoms with E-state index in [2.05, 4.69) is 20.2 Å². The zero-order valence-electron chi connectivity index (χ0n) is 19.6. The molecule has 4 rings (SSSR count). The topological polar surface area (TPSA) is 101 Å². The molecule has 180 valence electrons. The van der Waals surface area contributed by atoms with E-state index in [0.29, 0.717) is 21.3 Å². The van der Waals surface area contributed by atoms with Gasteiger partial charge >= 0.3 is 0 Å². The van der Waals surface area contributed by atoms with E-state index in [1.807, 2.05) is 79.7 Å². The molecular formula is C26H26N4O3S2. The molecule has 0 aliphatic rings. The molecule has 1 aromatic heterocycles. The monoisotopic (exact) mass is 506 g/mol. The van der Waals surface area contributed by atoms with E-state index < -0.39 is 22.0 Å². The van der Waals surface area contributed by atoms with Crippen LogP contribution < -0.4 is 10.0 Å². The lowest BCUT2D eigenvalue weighted by molar-refractivity contribution is -0.117. The third kappa shape index (κ3) is 6.00. The average molecular weight is 507 g/mol. The van der Waals surface area contributed by atoms with E-state index in [4.69, 9.17) is 0 Å². The second-order valence-corrected chi connectivity index (χ2v) is 11.0. The Kier molecular flexibility index (Phi) is 7.39. The van der Waals surface area contributed by atoms with Gasteiger partial charge in [-0.1, -0.05) is 89.7 Å². The smallest absolute Gasteiger partial charge is 0.244 e. The summed E-state index contributed by atoms with van der Waals surface area (Å²) < 4.78 is 29.5. The minimum atomic E-state index is -3.98. The van der Waals surface area contributed by atoms with Crippen LogP contribution in [0.2, 0.25) is 0 Å². The summed E-state index contributed by atoms with van der Waals surface area (Å²) in [6, 6.07) is 21.4. The molecule has 0 aliphatic carbocycles. The third-order valence-electron chi connectivity index (χ3n) is 5.45. The molecule has 3 aromatic carbocycles. The molecule has 1 amide bonds. The highest BCUT2D eigenvalue weighted by Gasteiger charge is 2.29. The maximum absolute atomic E-state index is 13.4. The van der Waals surface area contributed by atoms with E-state index in [-0.39, 0.29) is 11.3 Å². The van der Waals surface area contributed by atoms with E-state index in [1.165, 1.54) is 11.3 Å². The summed E-state index contributed by atoms with van der Waals surface area (Å²) in [4.78, 5) is 13.5. The number of nitrogens with zero attached hydrogens (tertiary/aromatic N) is 2. The normalized spacial score (nSPS) is 12.3. The number of nitrogens with one attached hydrogen (secondary N) is 2. The maximum atomic E-state index is 13.4. The number of hydrogen-bond acceptors (Lipinski definition) is 6. The Morgan fingerprint density at radius 1 is 0.914 bits per heavy atom. The van der Waals surface area contributed by atoms with Crippen LogP contribution in [-0.2, 0) is 21.2 Å². The molecule has 0 unspecified atom stereocenters.